The number of imidazole rings is 1. The Labute approximate surface area is 148 Å². The van der Waals surface area contributed by atoms with Gasteiger partial charge in [-0.05, 0) is 41.3 Å². The maximum atomic E-state index is 11.2. The number of nitro groups is 1. The van der Waals surface area contributed by atoms with E-state index in [1.54, 1.807) is 4.57 Å². The van der Waals surface area contributed by atoms with E-state index in [9.17, 15) is 10.1 Å². The average molecular weight is 343 g/mol. The van der Waals surface area contributed by atoms with E-state index in [1.807, 2.05) is 13.1 Å². The smallest absolute Gasteiger partial charge is 0.358 e. The lowest BCUT2D eigenvalue weighted by Crippen LogP contribution is -2.38. The minimum Gasteiger partial charge on any atom is -0.358 e. The van der Waals surface area contributed by atoms with Crippen LogP contribution >= 0.6 is 0 Å². The van der Waals surface area contributed by atoms with Crippen molar-refractivity contribution in [3.05, 3.63) is 52.3 Å². The fourth-order valence-corrected chi connectivity index (χ4v) is 3.63. The van der Waals surface area contributed by atoms with Gasteiger partial charge in [0.15, 0.2) is 0 Å². The van der Waals surface area contributed by atoms with Crippen LogP contribution in [0.15, 0.2) is 36.7 Å². The maximum Gasteiger partial charge on any atom is 0.406 e. The summed E-state index contributed by atoms with van der Waals surface area (Å²) >= 11 is 0. The van der Waals surface area contributed by atoms with Crippen LogP contribution in [-0.2, 0) is 13.6 Å². The van der Waals surface area contributed by atoms with Crippen molar-refractivity contribution in [3.8, 4) is 0 Å². The fourth-order valence-electron chi connectivity index (χ4n) is 3.63. The summed E-state index contributed by atoms with van der Waals surface area (Å²) in [5.41, 5.74) is 1.33. The van der Waals surface area contributed by atoms with Crippen LogP contribution < -0.4 is 4.90 Å². The van der Waals surface area contributed by atoms with Gasteiger partial charge in [-0.2, -0.15) is 0 Å². The summed E-state index contributed by atoms with van der Waals surface area (Å²) in [5, 5.41) is 11.2. The van der Waals surface area contributed by atoms with Crippen molar-refractivity contribution in [2.24, 2.45) is 13.0 Å². The molecule has 0 atom stereocenters. The van der Waals surface area contributed by atoms with Gasteiger partial charge in [-0.15, -0.1) is 0 Å². The molecule has 134 valence electrons. The van der Waals surface area contributed by atoms with Gasteiger partial charge in [0, 0.05) is 33.2 Å². The van der Waals surface area contributed by atoms with E-state index < -0.39 is 4.92 Å². The molecule has 1 aromatic carbocycles. The van der Waals surface area contributed by atoms with E-state index in [2.05, 4.69) is 46.1 Å². The molecule has 0 radical (unpaired) electrons. The second-order valence-electron chi connectivity index (χ2n) is 6.87. The van der Waals surface area contributed by atoms with Crippen LogP contribution in [-0.4, -0.2) is 46.1 Å². The Morgan fingerprint density at radius 1 is 1.28 bits per heavy atom. The van der Waals surface area contributed by atoms with Crippen molar-refractivity contribution in [2.75, 3.05) is 31.6 Å². The number of piperidine rings is 1. The summed E-state index contributed by atoms with van der Waals surface area (Å²) in [7, 11) is 3.97. The molecule has 1 aliphatic rings. The van der Waals surface area contributed by atoms with Crippen molar-refractivity contribution in [2.45, 2.75) is 19.4 Å². The molecule has 1 aliphatic heterocycles. The number of aromatic nitrogens is 2. The number of aryl methyl sites for hydroxylation is 1. The number of hydrogen-bond donors (Lipinski definition) is 0. The van der Waals surface area contributed by atoms with Gasteiger partial charge in [0.1, 0.15) is 0 Å². The standard InChI is InChI=1S/C18H25N5O2/c1-20(12-15-6-4-3-5-7-15)13-16-8-10-22(11-9-16)18-17(23(24)25)19-14-21(18)2/h3-7,14,16H,8-13H2,1-2H3. The lowest BCUT2D eigenvalue weighted by Gasteiger charge is -2.34. The Bertz CT molecular complexity index is 708. The molecule has 0 bridgehead atoms. The molecule has 7 heteroatoms. The van der Waals surface area contributed by atoms with E-state index in [1.165, 1.54) is 11.9 Å². The van der Waals surface area contributed by atoms with Crippen molar-refractivity contribution in [1.29, 1.82) is 0 Å². The highest BCUT2D eigenvalue weighted by Gasteiger charge is 2.29. The molecular formula is C18H25N5O2. The Hall–Kier alpha value is -2.41. The van der Waals surface area contributed by atoms with Crippen molar-refractivity contribution < 1.29 is 4.92 Å². The van der Waals surface area contributed by atoms with E-state index in [-0.39, 0.29) is 5.82 Å². The zero-order chi connectivity index (χ0) is 17.8. The maximum absolute atomic E-state index is 11.2. The topological polar surface area (TPSA) is 67.4 Å². The van der Waals surface area contributed by atoms with Crippen LogP contribution in [0.1, 0.15) is 18.4 Å². The highest BCUT2D eigenvalue weighted by molar-refractivity contribution is 5.54. The molecule has 0 amide bonds. The molecule has 0 spiro atoms. The number of rotatable bonds is 6. The summed E-state index contributed by atoms with van der Waals surface area (Å²) in [6.07, 6.45) is 3.61. The Morgan fingerprint density at radius 3 is 2.60 bits per heavy atom. The first-order valence-corrected chi connectivity index (χ1v) is 8.67. The molecule has 2 aromatic rings. The van der Waals surface area contributed by atoms with Gasteiger partial charge in [0.25, 0.3) is 0 Å². The molecule has 7 nitrogen and oxygen atoms in total. The molecule has 1 saturated heterocycles. The summed E-state index contributed by atoms with van der Waals surface area (Å²) in [5.74, 6) is 1.21. The SMILES string of the molecule is CN(Cc1ccccc1)CC1CCN(c2c([N+](=O)[O-])ncn2C)CC1. The summed E-state index contributed by atoms with van der Waals surface area (Å²) in [6, 6.07) is 10.5. The molecule has 1 aromatic heterocycles. The molecule has 2 heterocycles. The number of anilines is 1. The van der Waals surface area contributed by atoms with Crippen LogP contribution in [0, 0.1) is 16.0 Å². The van der Waals surface area contributed by atoms with E-state index in [0.29, 0.717) is 11.7 Å². The minimum absolute atomic E-state index is 0.0397. The van der Waals surface area contributed by atoms with Gasteiger partial charge < -0.3 is 19.9 Å². The molecule has 25 heavy (non-hydrogen) atoms. The number of nitrogens with zero attached hydrogens (tertiary/aromatic N) is 5. The monoisotopic (exact) mass is 343 g/mol. The van der Waals surface area contributed by atoms with Gasteiger partial charge in [-0.1, -0.05) is 30.3 Å². The van der Waals surface area contributed by atoms with Gasteiger partial charge in [0.2, 0.25) is 12.1 Å². The predicted octanol–water partition coefficient (Wildman–Crippen LogP) is 2.68. The van der Waals surface area contributed by atoms with Gasteiger partial charge in [-0.25, -0.2) is 0 Å². The third kappa shape index (κ3) is 4.17. The first-order chi connectivity index (χ1) is 12.0. The summed E-state index contributed by atoms with van der Waals surface area (Å²) in [4.78, 5) is 19.1. The molecule has 3 rings (SSSR count). The fraction of sp³-hybridized carbons (Fsp3) is 0.500. The molecule has 0 aliphatic carbocycles. The highest BCUT2D eigenvalue weighted by atomic mass is 16.6. The average Bonchev–Trinajstić information content (AvgIpc) is 2.98. The number of hydrogen-bond acceptors (Lipinski definition) is 5. The second-order valence-corrected chi connectivity index (χ2v) is 6.87. The largest absolute Gasteiger partial charge is 0.406 e. The zero-order valence-corrected chi connectivity index (χ0v) is 14.8. The Kier molecular flexibility index (Phi) is 5.33. The van der Waals surface area contributed by atoms with E-state index in [4.69, 9.17) is 0 Å². The number of benzene rings is 1. The van der Waals surface area contributed by atoms with Gasteiger partial charge in [-0.3, -0.25) is 4.57 Å². The molecule has 0 N–H and O–H groups in total. The molecule has 1 fully saturated rings. The minimum atomic E-state index is -0.394. The zero-order valence-electron chi connectivity index (χ0n) is 14.8. The third-order valence-electron chi connectivity index (χ3n) is 4.84. The first kappa shape index (κ1) is 17.4. The third-order valence-corrected chi connectivity index (χ3v) is 4.84. The summed E-state index contributed by atoms with van der Waals surface area (Å²) in [6.45, 7) is 3.68. The van der Waals surface area contributed by atoms with Gasteiger partial charge >= 0.3 is 5.82 Å². The molecular weight excluding hydrogens is 318 g/mol. The lowest BCUT2D eigenvalue weighted by molar-refractivity contribution is -0.388. The van der Waals surface area contributed by atoms with E-state index >= 15 is 0 Å². The highest BCUT2D eigenvalue weighted by Crippen LogP contribution is 2.30. The first-order valence-electron chi connectivity index (χ1n) is 8.67. The quantitative estimate of drug-likeness (QED) is 0.596. The Balaban J connectivity index is 1.54. The van der Waals surface area contributed by atoms with Crippen LogP contribution in [0.2, 0.25) is 0 Å². The van der Waals surface area contributed by atoms with Crippen molar-refractivity contribution >= 4 is 11.6 Å². The molecule has 0 unspecified atom stereocenters. The molecule has 0 saturated carbocycles. The second kappa shape index (κ2) is 7.65. The lowest BCUT2D eigenvalue weighted by atomic mass is 9.96. The Morgan fingerprint density at radius 2 is 1.96 bits per heavy atom. The van der Waals surface area contributed by atoms with Gasteiger partial charge in [0.05, 0.1) is 0 Å². The normalized spacial score (nSPS) is 15.7. The predicted molar refractivity (Wildman–Crippen MR) is 97.6 cm³/mol. The summed E-state index contributed by atoms with van der Waals surface area (Å²) < 4.78 is 1.75. The van der Waals surface area contributed by atoms with Crippen LogP contribution in [0.25, 0.3) is 0 Å². The van der Waals surface area contributed by atoms with Crippen molar-refractivity contribution in [1.82, 2.24) is 14.5 Å². The van der Waals surface area contributed by atoms with E-state index in [0.717, 1.165) is 39.0 Å². The van der Waals surface area contributed by atoms with Crippen molar-refractivity contribution in [3.63, 3.8) is 0 Å². The van der Waals surface area contributed by atoms with Crippen LogP contribution in [0.5, 0.6) is 0 Å². The van der Waals surface area contributed by atoms with Crippen LogP contribution in [0.4, 0.5) is 11.6 Å². The van der Waals surface area contributed by atoms with Crippen LogP contribution in [0.3, 0.4) is 0 Å².